The zero-order chi connectivity index (χ0) is 13.8. The fourth-order valence-electron chi connectivity index (χ4n) is 2.00. The van der Waals surface area contributed by atoms with E-state index in [1.165, 1.54) is 5.56 Å². The number of hydrogen-bond acceptors (Lipinski definition) is 2. The Morgan fingerprint density at radius 3 is 2.21 bits per heavy atom. The molecule has 0 aromatic heterocycles. The molecule has 0 spiro atoms. The molecule has 0 bridgehead atoms. The second kappa shape index (κ2) is 6.02. The van der Waals surface area contributed by atoms with Crippen molar-refractivity contribution in [3.05, 3.63) is 64.7 Å². The summed E-state index contributed by atoms with van der Waals surface area (Å²) in [5, 5.41) is 0.793. The van der Waals surface area contributed by atoms with Gasteiger partial charge < -0.3 is 4.74 Å². The molecule has 0 aliphatic heterocycles. The van der Waals surface area contributed by atoms with Crippen molar-refractivity contribution in [2.75, 3.05) is 0 Å². The molecule has 2 rings (SSSR count). The van der Waals surface area contributed by atoms with E-state index in [0.717, 1.165) is 16.5 Å². The van der Waals surface area contributed by atoms with Crippen LogP contribution in [0.25, 0.3) is 0 Å². The number of alkyl halides is 1. The van der Waals surface area contributed by atoms with Crippen LogP contribution in [0.4, 0.5) is 0 Å². The average Bonchev–Trinajstić information content (AvgIpc) is 2.43. The third-order valence-corrected chi connectivity index (χ3v) is 3.53. The number of esters is 1. The lowest BCUT2D eigenvalue weighted by Gasteiger charge is -2.12. The summed E-state index contributed by atoms with van der Waals surface area (Å²) in [6.45, 7) is 3.90. The molecule has 0 saturated carbocycles. The molecule has 0 aliphatic carbocycles. The van der Waals surface area contributed by atoms with Crippen molar-refractivity contribution < 1.29 is 9.53 Å². The Balaban J connectivity index is 2.27. The van der Waals surface area contributed by atoms with E-state index in [9.17, 15) is 4.79 Å². The van der Waals surface area contributed by atoms with E-state index in [-0.39, 0.29) is 5.97 Å². The van der Waals surface area contributed by atoms with Gasteiger partial charge in [-0.2, -0.15) is 0 Å². The van der Waals surface area contributed by atoms with E-state index in [1.54, 1.807) is 12.1 Å². The van der Waals surface area contributed by atoms with Gasteiger partial charge in [-0.05, 0) is 42.7 Å². The molecular formula is C16H15BrO2. The predicted molar refractivity (Wildman–Crippen MR) is 79.9 cm³/mol. The lowest BCUT2D eigenvalue weighted by molar-refractivity contribution is 0.0732. The molecule has 98 valence electrons. The predicted octanol–water partition coefficient (Wildman–Crippen LogP) is 4.42. The van der Waals surface area contributed by atoms with Gasteiger partial charge in [0.2, 0.25) is 0 Å². The Bertz CT molecular complexity index is 568. The summed E-state index contributed by atoms with van der Waals surface area (Å²) in [4.78, 5) is 12.0. The minimum absolute atomic E-state index is 0.321. The van der Waals surface area contributed by atoms with Gasteiger partial charge in [-0.3, -0.25) is 0 Å². The van der Waals surface area contributed by atoms with Gasteiger partial charge in [0.1, 0.15) is 5.75 Å². The molecular weight excluding hydrogens is 304 g/mol. The number of aryl methyl sites for hydroxylation is 2. The Morgan fingerprint density at radius 2 is 1.68 bits per heavy atom. The van der Waals surface area contributed by atoms with E-state index in [0.29, 0.717) is 11.3 Å². The highest BCUT2D eigenvalue weighted by molar-refractivity contribution is 9.08. The molecule has 0 heterocycles. The van der Waals surface area contributed by atoms with Gasteiger partial charge in [0.05, 0.1) is 5.56 Å². The van der Waals surface area contributed by atoms with Gasteiger partial charge in [-0.15, -0.1) is 0 Å². The first-order valence-corrected chi connectivity index (χ1v) is 7.17. The van der Waals surface area contributed by atoms with E-state index in [4.69, 9.17) is 4.74 Å². The van der Waals surface area contributed by atoms with Crippen molar-refractivity contribution in [2.24, 2.45) is 0 Å². The van der Waals surface area contributed by atoms with Crippen LogP contribution in [-0.4, -0.2) is 5.97 Å². The van der Waals surface area contributed by atoms with Crippen molar-refractivity contribution in [1.82, 2.24) is 0 Å². The molecule has 2 aromatic rings. The molecule has 0 saturated heterocycles. The van der Waals surface area contributed by atoms with Crippen molar-refractivity contribution in [2.45, 2.75) is 19.2 Å². The molecule has 0 unspecified atom stereocenters. The summed E-state index contributed by atoms with van der Waals surface area (Å²) < 4.78 is 5.51. The fraction of sp³-hybridized carbons (Fsp3) is 0.188. The van der Waals surface area contributed by atoms with Gasteiger partial charge in [0.25, 0.3) is 0 Å². The first kappa shape index (κ1) is 13.8. The number of halogens is 1. The standard InChI is InChI=1S/C16H15BrO2/c1-11-8-13(10-17)9-12(2)15(11)19-16(18)14-6-4-3-5-7-14/h3-9H,10H2,1-2H3. The number of ether oxygens (including phenoxy) is 1. The minimum Gasteiger partial charge on any atom is -0.422 e. The summed E-state index contributed by atoms with van der Waals surface area (Å²) in [6, 6.07) is 13.1. The van der Waals surface area contributed by atoms with E-state index in [2.05, 4.69) is 15.9 Å². The zero-order valence-electron chi connectivity index (χ0n) is 10.9. The molecule has 0 aliphatic rings. The molecule has 3 heteroatoms. The van der Waals surface area contributed by atoms with Gasteiger partial charge in [0.15, 0.2) is 0 Å². The maximum absolute atomic E-state index is 12.0. The smallest absolute Gasteiger partial charge is 0.343 e. The second-order valence-electron chi connectivity index (χ2n) is 4.45. The van der Waals surface area contributed by atoms with Gasteiger partial charge in [0, 0.05) is 5.33 Å². The highest BCUT2D eigenvalue weighted by Crippen LogP contribution is 2.26. The van der Waals surface area contributed by atoms with Crippen LogP contribution in [0.1, 0.15) is 27.0 Å². The quantitative estimate of drug-likeness (QED) is 0.476. The number of rotatable bonds is 3. The minimum atomic E-state index is -0.321. The zero-order valence-corrected chi connectivity index (χ0v) is 12.5. The summed E-state index contributed by atoms with van der Waals surface area (Å²) in [7, 11) is 0. The summed E-state index contributed by atoms with van der Waals surface area (Å²) in [6.07, 6.45) is 0. The van der Waals surface area contributed by atoms with Gasteiger partial charge >= 0.3 is 5.97 Å². The Kier molecular flexibility index (Phi) is 4.38. The largest absolute Gasteiger partial charge is 0.422 e. The summed E-state index contributed by atoms with van der Waals surface area (Å²) in [5.41, 5.74) is 3.68. The van der Waals surface area contributed by atoms with Crippen LogP contribution in [0.2, 0.25) is 0 Å². The van der Waals surface area contributed by atoms with Crippen LogP contribution in [-0.2, 0) is 5.33 Å². The number of carbonyl (C=O) groups is 1. The van der Waals surface area contributed by atoms with Gasteiger partial charge in [-0.1, -0.05) is 46.3 Å². The van der Waals surface area contributed by atoms with Crippen LogP contribution < -0.4 is 4.74 Å². The third kappa shape index (κ3) is 3.24. The number of carbonyl (C=O) groups excluding carboxylic acids is 1. The SMILES string of the molecule is Cc1cc(CBr)cc(C)c1OC(=O)c1ccccc1. The lowest BCUT2D eigenvalue weighted by Crippen LogP contribution is -2.10. The Morgan fingerprint density at radius 1 is 1.11 bits per heavy atom. The van der Waals surface area contributed by atoms with Crippen molar-refractivity contribution in [3.63, 3.8) is 0 Å². The normalized spacial score (nSPS) is 10.3. The molecule has 0 radical (unpaired) electrons. The van der Waals surface area contributed by atoms with Crippen LogP contribution in [0, 0.1) is 13.8 Å². The van der Waals surface area contributed by atoms with E-state index >= 15 is 0 Å². The monoisotopic (exact) mass is 318 g/mol. The number of hydrogen-bond donors (Lipinski definition) is 0. The molecule has 0 N–H and O–H groups in total. The van der Waals surface area contributed by atoms with Crippen molar-refractivity contribution in [3.8, 4) is 5.75 Å². The van der Waals surface area contributed by atoms with Crippen LogP contribution >= 0.6 is 15.9 Å². The molecule has 2 nitrogen and oxygen atoms in total. The third-order valence-electron chi connectivity index (χ3n) is 2.88. The maximum atomic E-state index is 12.0. The maximum Gasteiger partial charge on any atom is 0.343 e. The van der Waals surface area contributed by atoms with Gasteiger partial charge in [-0.25, -0.2) is 4.79 Å². The van der Waals surface area contributed by atoms with E-state index in [1.807, 2.05) is 44.2 Å². The molecule has 0 atom stereocenters. The fourth-order valence-corrected chi connectivity index (χ4v) is 2.33. The highest BCUT2D eigenvalue weighted by Gasteiger charge is 2.12. The van der Waals surface area contributed by atoms with Crippen molar-refractivity contribution >= 4 is 21.9 Å². The molecule has 2 aromatic carbocycles. The first-order valence-electron chi connectivity index (χ1n) is 6.05. The van der Waals surface area contributed by atoms with Crippen LogP contribution in [0.5, 0.6) is 5.75 Å². The molecule has 0 fully saturated rings. The van der Waals surface area contributed by atoms with E-state index < -0.39 is 0 Å². The second-order valence-corrected chi connectivity index (χ2v) is 5.01. The first-order chi connectivity index (χ1) is 9.11. The Labute approximate surface area is 121 Å². The summed E-state index contributed by atoms with van der Waals surface area (Å²) in [5.74, 6) is 0.331. The lowest BCUT2D eigenvalue weighted by atomic mass is 10.1. The van der Waals surface area contributed by atoms with Crippen LogP contribution in [0.3, 0.4) is 0 Å². The van der Waals surface area contributed by atoms with Crippen molar-refractivity contribution in [1.29, 1.82) is 0 Å². The highest BCUT2D eigenvalue weighted by atomic mass is 79.9. The van der Waals surface area contributed by atoms with Crippen LogP contribution in [0.15, 0.2) is 42.5 Å². The number of benzene rings is 2. The topological polar surface area (TPSA) is 26.3 Å². The average molecular weight is 319 g/mol. The molecule has 0 amide bonds. The summed E-state index contributed by atoms with van der Waals surface area (Å²) >= 11 is 3.43. The molecule has 19 heavy (non-hydrogen) atoms. The Hall–Kier alpha value is -1.61.